The maximum atomic E-state index is 12.7. The Kier molecular flexibility index (Phi) is 2.05. The molecule has 0 amide bonds. The molecular weight excluding hydrogens is 186 g/mol. The van der Waals surface area contributed by atoms with E-state index in [0.29, 0.717) is 0 Å². The van der Waals surface area contributed by atoms with Crippen molar-refractivity contribution in [1.82, 2.24) is 0 Å². The van der Waals surface area contributed by atoms with Gasteiger partial charge in [0.15, 0.2) is 23.1 Å². The molecule has 0 atom stereocenters. The van der Waals surface area contributed by atoms with E-state index in [9.17, 15) is 13.6 Å². The van der Waals surface area contributed by atoms with Crippen LogP contribution in [0.15, 0.2) is 6.07 Å². The average Bonchev–Trinajstić information content (AvgIpc) is 2.01. The molecule has 6 heteroatoms. The van der Waals surface area contributed by atoms with E-state index < -0.39 is 34.7 Å². The summed E-state index contributed by atoms with van der Waals surface area (Å²) >= 11 is 0. The van der Waals surface area contributed by atoms with Gasteiger partial charge in [0.25, 0.3) is 0 Å². The fourth-order valence-corrected chi connectivity index (χ4v) is 0.798. The number of hydrogen-bond donors (Lipinski definition) is 3. The predicted molar refractivity (Wildman–Crippen MR) is 36.6 cm³/mol. The first-order valence-electron chi connectivity index (χ1n) is 3.08. The summed E-state index contributed by atoms with van der Waals surface area (Å²) < 4.78 is 25.1. The lowest BCUT2D eigenvalue weighted by atomic mass is 10.1. The molecule has 0 bridgehead atoms. The van der Waals surface area contributed by atoms with Crippen LogP contribution in [0, 0.1) is 11.6 Å². The van der Waals surface area contributed by atoms with Gasteiger partial charge in [-0.2, -0.15) is 0 Å². The van der Waals surface area contributed by atoms with Gasteiger partial charge in [0, 0.05) is 6.07 Å². The quantitative estimate of drug-likeness (QED) is 0.579. The normalized spacial score (nSPS) is 10.0. The van der Waals surface area contributed by atoms with Crippen LogP contribution in [0.1, 0.15) is 10.4 Å². The number of carbonyl (C=O) groups is 1. The van der Waals surface area contributed by atoms with Gasteiger partial charge in [0.1, 0.15) is 5.56 Å². The Morgan fingerprint density at radius 3 is 2.31 bits per heavy atom. The van der Waals surface area contributed by atoms with Gasteiger partial charge in [-0.05, 0) is 0 Å². The van der Waals surface area contributed by atoms with Gasteiger partial charge in [-0.1, -0.05) is 0 Å². The Morgan fingerprint density at radius 2 is 1.85 bits per heavy atom. The molecule has 0 aliphatic heterocycles. The van der Waals surface area contributed by atoms with Gasteiger partial charge in [-0.25, -0.2) is 13.6 Å². The van der Waals surface area contributed by atoms with Crippen LogP contribution in [0.25, 0.3) is 0 Å². The van der Waals surface area contributed by atoms with Crippen molar-refractivity contribution in [3.63, 3.8) is 0 Å². The highest BCUT2D eigenvalue weighted by atomic mass is 19.2. The van der Waals surface area contributed by atoms with Crippen LogP contribution in [0.4, 0.5) is 8.78 Å². The summed E-state index contributed by atoms with van der Waals surface area (Å²) in [7, 11) is 0. The second-order valence-electron chi connectivity index (χ2n) is 2.22. The second-order valence-corrected chi connectivity index (χ2v) is 2.22. The highest BCUT2D eigenvalue weighted by molar-refractivity contribution is 5.92. The Morgan fingerprint density at radius 1 is 1.31 bits per heavy atom. The number of hydrogen-bond acceptors (Lipinski definition) is 3. The molecule has 1 aromatic carbocycles. The molecule has 0 saturated carbocycles. The van der Waals surface area contributed by atoms with E-state index in [4.69, 9.17) is 15.3 Å². The molecule has 0 saturated heterocycles. The molecule has 1 aromatic rings. The molecule has 4 nitrogen and oxygen atoms in total. The van der Waals surface area contributed by atoms with Gasteiger partial charge in [0.2, 0.25) is 0 Å². The van der Waals surface area contributed by atoms with E-state index in [2.05, 4.69) is 0 Å². The molecule has 0 unspecified atom stereocenters. The number of benzene rings is 1. The minimum atomic E-state index is -1.86. The lowest BCUT2D eigenvalue weighted by molar-refractivity contribution is 0.0686. The van der Waals surface area contributed by atoms with Crippen molar-refractivity contribution in [1.29, 1.82) is 0 Å². The van der Waals surface area contributed by atoms with Crippen molar-refractivity contribution in [2.24, 2.45) is 0 Å². The summed E-state index contributed by atoms with van der Waals surface area (Å²) in [5.74, 6) is -7.30. The first kappa shape index (κ1) is 9.24. The van der Waals surface area contributed by atoms with Gasteiger partial charge >= 0.3 is 5.97 Å². The number of aromatic carboxylic acids is 1. The van der Waals surface area contributed by atoms with Crippen LogP contribution in [0.5, 0.6) is 11.5 Å². The van der Waals surface area contributed by atoms with E-state index in [0.717, 1.165) is 0 Å². The van der Waals surface area contributed by atoms with Crippen molar-refractivity contribution >= 4 is 5.97 Å². The summed E-state index contributed by atoms with van der Waals surface area (Å²) in [4.78, 5) is 10.3. The van der Waals surface area contributed by atoms with Gasteiger partial charge in [0.05, 0.1) is 0 Å². The number of rotatable bonds is 1. The third-order valence-corrected chi connectivity index (χ3v) is 1.39. The first-order valence-corrected chi connectivity index (χ1v) is 3.08. The van der Waals surface area contributed by atoms with Gasteiger partial charge in [-0.3, -0.25) is 0 Å². The lowest BCUT2D eigenvalue weighted by Gasteiger charge is -2.03. The van der Waals surface area contributed by atoms with Crippen LogP contribution >= 0.6 is 0 Å². The van der Waals surface area contributed by atoms with E-state index in [1.165, 1.54) is 0 Å². The lowest BCUT2D eigenvalue weighted by Crippen LogP contribution is -2.03. The zero-order valence-corrected chi connectivity index (χ0v) is 6.08. The highest BCUT2D eigenvalue weighted by Gasteiger charge is 2.23. The number of carboxylic acids is 1. The summed E-state index contributed by atoms with van der Waals surface area (Å²) in [6.07, 6.45) is 0. The fraction of sp³-hybridized carbons (Fsp3) is 0. The van der Waals surface area contributed by atoms with E-state index in [1.807, 2.05) is 0 Å². The zero-order chi connectivity index (χ0) is 10.2. The zero-order valence-electron chi connectivity index (χ0n) is 6.08. The van der Waals surface area contributed by atoms with Crippen molar-refractivity contribution in [3.8, 4) is 11.5 Å². The van der Waals surface area contributed by atoms with Gasteiger partial charge in [-0.15, -0.1) is 0 Å². The largest absolute Gasteiger partial charge is 0.504 e. The summed E-state index contributed by atoms with van der Waals surface area (Å²) in [6.45, 7) is 0. The molecule has 0 aliphatic rings. The van der Waals surface area contributed by atoms with Crippen molar-refractivity contribution in [3.05, 3.63) is 23.3 Å². The molecule has 0 radical (unpaired) electrons. The molecule has 0 aromatic heterocycles. The number of aromatic hydroxyl groups is 2. The van der Waals surface area contributed by atoms with Crippen molar-refractivity contribution < 1.29 is 28.9 Å². The average molecular weight is 190 g/mol. The molecule has 3 N–H and O–H groups in total. The predicted octanol–water partition coefficient (Wildman–Crippen LogP) is 1.07. The molecule has 70 valence electrons. The van der Waals surface area contributed by atoms with Crippen molar-refractivity contribution in [2.75, 3.05) is 0 Å². The van der Waals surface area contributed by atoms with Gasteiger partial charge < -0.3 is 15.3 Å². The Bertz CT molecular complexity index is 349. The molecule has 0 spiro atoms. The Balaban J connectivity index is 3.56. The number of carboxylic acid groups (broad SMARTS) is 1. The number of halogens is 2. The first-order chi connectivity index (χ1) is 5.95. The second kappa shape index (κ2) is 2.89. The maximum Gasteiger partial charge on any atom is 0.342 e. The van der Waals surface area contributed by atoms with Crippen LogP contribution in [-0.4, -0.2) is 21.3 Å². The summed E-state index contributed by atoms with van der Waals surface area (Å²) in [5.41, 5.74) is -1.28. The van der Waals surface area contributed by atoms with E-state index in [1.54, 1.807) is 0 Å². The molecule has 0 aliphatic carbocycles. The SMILES string of the molecule is O=C(O)c1c(O)c(O)cc(F)c1F. The monoisotopic (exact) mass is 190 g/mol. The summed E-state index contributed by atoms with van der Waals surface area (Å²) in [5, 5.41) is 25.9. The highest BCUT2D eigenvalue weighted by Crippen LogP contribution is 2.32. The number of phenols is 2. The number of phenolic OH excluding ortho intramolecular Hbond substituents is 1. The van der Waals surface area contributed by atoms with Crippen LogP contribution < -0.4 is 0 Å². The van der Waals surface area contributed by atoms with Crippen molar-refractivity contribution in [2.45, 2.75) is 0 Å². The molecule has 13 heavy (non-hydrogen) atoms. The maximum absolute atomic E-state index is 12.7. The van der Waals surface area contributed by atoms with Crippen LogP contribution in [-0.2, 0) is 0 Å². The van der Waals surface area contributed by atoms with Crippen LogP contribution in [0.2, 0.25) is 0 Å². The third-order valence-electron chi connectivity index (χ3n) is 1.39. The Labute approximate surface area is 70.7 Å². The van der Waals surface area contributed by atoms with E-state index in [-0.39, 0.29) is 6.07 Å². The topological polar surface area (TPSA) is 77.8 Å². The third kappa shape index (κ3) is 1.37. The molecular formula is C7H4F2O4. The van der Waals surface area contributed by atoms with Crippen LogP contribution in [0.3, 0.4) is 0 Å². The fourth-order valence-electron chi connectivity index (χ4n) is 0.798. The molecule has 1 rings (SSSR count). The molecule has 0 heterocycles. The minimum absolute atomic E-state index is 0.289. The summed E-state index contributed by atoms with van der Waals surface area (Å²) in [6, 6.07) is 0.289. The Hall–Kier alpha value is -1.85. The molecule has 0 fully saturated rings. The van der Waals surface area contributed by atoms with E-state index >= 15 is 0 Å². The minimum Gasteiger partial charge on any atom is -0.504 e. The smallest absolute Gasteiger partial charge is 0.342 e. The standard InChI is InChI=1S/C7H4F2O4/c8-2-1-3(10)6(11)4(5(2)9)7(12)13/h1,10-11H,(H,12,13).